The minimum Gasteiger partial charge on any atom is -0.315 e. The van der Waals surface area contributed by atoms with Crippen LogP contribution >= 0.6 is 23.0 Å². The van der Waals surface area contributed by atoms with Crippen molar-refractivity contribution in [2.24, 2.45) is 17.8 Å². The van der Waals surface area contributed by atoms with E-state index in [-0.39, 0.29) is 0 Å². The summed E-state index contributed by atoms with van der Waals surface area (Å²) in [7, 11) is 0. The Labute approximate surface area is 87.9 Å². The Kier molecular flexibility index (Phi) is 2.92. The van der Waals surface area contributed by atoms with E-state index >= 15 is 0 Å². The van der Waals surface area contributed by atoms with Crippen LogP contribution < -0.4 is 0 Å². The second kappa shape index (κ2) is 3.97. The van der Waals surface area contributed by atoms with Crippen molar-refractivity contribution in [1.82, 2.24) is 0 Å². The van der Waals surface area contributed by atoms with Gasteiger partial charge in [0.15, 0.2) is 0 Å². The van der Waals surface area contributed by atoms with E-state index in [1.807, 2.05) is 23.0 Å². The fraction of sp³-hybridized carbons (Fsp3) is 0.800. The van der Waals surface area contributed by atoms with Crippen LogP contribution in [0, 0.1) is 29.6 Å². The van der Waals surface area contributed by atoms with Crippen LogP contribution in [0.25, 0.3) is 0 Å². The van der Waals surface area contributed by atoms with E-state index in [0.29, 0.717) is 0 Å². The number of hydrogen-bond donors (Lipinski definition) is 0. The Bertz CT molecular complexity index is 198. The zero-order chi connectivity index (χ0) is 8.39. The van der Waals surface area contributed by atoms with Crippen molar-refractivity contribution in [1.29, 1.82) is 0 Å². The van der Waals surface area contributed by atoms with Gasteiger partial charge in [-0.25, -0.2) is 0 Å². The molecule has 0 saturated heterocycles. The Morgan fingerprint density at radius 3 is 2.25 bits per heavy atom. The molecule has 0 aromatic heterocycles. The van der Waals surface area contributed by atoms with Crippen molar-refractivity contribution in [2.75, 3.05) is 6.61 Å². The van der Waals surface area contributed by atoms with Crippen LogP contribution in [0.4, 0.5) is 0 Å². The number of fused-ring (bicyclic) bond motifs is 1. The van der Waals surface area contributed by atoms with Crippen LogP contribution in [0.1, 0.15) is 25.7 Å². The quantitative estimate of drug-likeness (QED) is 0.556. The summed E-state index contributed by atoms with van der Waals surface area (Å²) in [6.45, 7) is 0.954. The average Bonchev–Trinajstić information content (AvgIpc) is 2.61. The topological polar surface area (TPSA) is 9.23 Å². The van der Waals surface area contributed by atoms with Crippen LogP contribution in [-0.4, -0.2) is 6.61 Å². The summed E-state index contributed by atoms with van der Waals surface area (Å²) in [4.78, 5) is 0. The summed E-state index contributed by atoms with van der Waals surface area (Å²) in [5.74, 6) is 9.16. The second-order valence-corrected chi connectivity index (χ2v) is 4.32. The van der Waals surface area contributed by atoms with Gasteiger partial charge in [-0.15, -0.1) is 11.8 Å². The van der Waals surface area contributed by atoms with Gasteiger partial charge in [0.2, 0.25) is 0 Å². The molecule has 2 unspecified atom stereocenters. The molecule has 2 atom stereocenters. The van der Waals surface area contributed by atoms with Gasteiger partial charge >= 0.3 is 0 Å². The van der Waals surface area contributed by atoms with Crippen LogP contribution in [0.15, 0.2) is 0 Å². The highest BCUT2D eigenvalue weighted by atomic mass is 127. The zero-order valence-corrected chi connectivity index (χ0v) is 9.21. The monoisotopic (exact) mass is 276 g/mol. The van der Waals surface area contributed by atoms with E-state index in [2.05, 4.69) is 11.8 Å². The third-order valence-corrected chi connectivity index (χ3v) is 3.45. The average molecular weight is 276 g/mol. The third-order valence-electron chi connectivity index (χ3n) is 3.09. The summed E-state index contributed by atoms with van der Waals surface area (Å²) in [5, 5.41) is 0. The lowest BCUT2D eigenvalue weighted by Crippen LogP contribution is -1.90. The highest BCUT2D eigenvalue weighted by molar-refractivity contribution is 14.1. The maximum Gasteiger partial charge on any atom is 0.109 e. The van der Waals surface area contributed by atoms with Gasteiger partial charge in [-0.2, -0.15) is 0 Å². The molecule has 2 aliphatic carbocycles. The molecule has 2 heteroatoms. The summed E-state index contributed by atoms with van der Waals surface area (Å²) in [5.41, 5.74) is 0. The predicted molar refractivity (Wildman–Crippen MR) is 56.7 cm³/mol. The fourth-order valence-corrected chi connectivity index (χ4v) is 2.77. The molecule has 1 fully saturated rings. The van der Waals surface area contributed by atoms with E-state index in [4.69, 9.17) is 3.07 Å². The van der Waals surface area contributed by atoms with Gasteiger partial charge in [-0.05, 0) is 30.6 Å². The summed E-state index contributed by atoms with van der Waals surface area (Å²) < 4.78 is 5.17. The molecule has 0 spiro atoms. The second-order valence-electron chi connectivity index (χ2n) is 3.70. The van der Waals surface area contributed by atoms with Gasteiger partial charge in [-0.1, -0.05) is 0 Å². The molecule has 0 bridgehead atoms. The Hall–Kier alpha value is 0.250. The van der Waals surface area contributed by atoms with Gasteiger partial charge in [0, 0.05) is 12.8 Å². The minimum atomic E-state index is 0.851. The molecule has 0 radical (unpaired) electrons. The molecule has 0 amide bonds. The van der Waals surface area contributed by atoms with Crippen LogP contribution in [0.3, 0.4) is 0 Å². The van der Waals surface area contributed by atoms with Crippen molar-refractivity contribution in [3.63, 3.8) is 0 Å². The van der Waals surface area contributed by atoms with E-state index in [1.54, 1.807) is 0 Å². The van der Waals surface area contributed by atoms with Gasteiger partial charge in [0.05, 0.1) is 6.61 Å². The van der Waals surface area contributed by atoms with Crippen LogP contribution in [-0.2, 0) is 3.07 Å². The van der Waals surface area contributed by atoms with Crippen LogP contribution in [0.5, 0.6) is 0 Å². The molecule has 66 valence electrons. The summed E-state index contributed by atoms with van der Waals surface area (Å²) in [6, 6.07) is 0. The highest BCUT2D eigenvalue weighted by Crippen LogP contribution is 2.52. The molecule has 0 aromatic rings. The first kappa shape index (κ1) is 8.83. The third kappa shape index (κ3) is 1.77. The van der Waals surface area contributed by atoms with E-state index in [0.717, 1.165) is 37.2 Å². The smallest absolute Gasteiger partial charge is 0.109 e. The standard InChI is InChI=1S/C10H13IO/c11-12-7-10-8-5-3-1-2-4-6-9(8)10/h8-10H,3-7H2. The van der Waals surface area contributed by atoms with Gasteiger partial charge in [-0.3, -0.25) is 0 Å². The van der Waals surface area contributed by atoms with Gasteiger partial charge < -0.3 is 3.07 Å². The molecule has 2 rings (SSSR count). The molecule has 0 aromatic carbocycles. The summed E-state index contributed by atoms with van der Waals surface area (Å²) >= 11 is 2.00. The zero-order valence-electron chi connectivity index (χ0n) is 7.05. The molecular formula is C10H13IO. The molecule has 1 nitrogen and oxygen atoms in total. The van der Waals surface area contributed by atoms with Crippen LogP contribution in [0.2, 0.25) is 0 Å². The number of halogens is 1. The predicted octanol–water partition coefficient (Wildman–Crippen LogP) is 2.79. The normalized spacial score (nSPS) is 38.6. The van der Waals surface area contributed by atoms with Crippen molar-refractivity contribution in [3.8, 4) is 11.8 Å². The Morgan fingerprint density at radius 1 is 1.17 bits per heavy atom. The van der Waals surface area contributed by atoms with E-state index in [9.17, 15) is 0 Å². The van der Waals surface area contributed by atoms with E-state index in [1.165, 1.54) is 12.8 Å². The fourth-order valence-electron chi connectivity index (χ4n) is 2.36. The first-order chi connectivity index (χ1) is 5.93. The molecule has 0 aliphatic heterocycles. The molecular weight excluding hydrogens is 263 g/mol. The Morgan fingerprint density at radius 2 is 1.75 bits per heavy atom. The maximum atomic E-state index is 5.17. The SMILES string of the molecule is IOCC1C2CCC#CCCC21. The maximum absolute atomic E-state index is 5.17. The lowest BCUT2D eigenvalue weighted by molar-refractivity contribution is 0.375. The largest absolute Gasteiger partial charge is 0.315 e. The van der Waals surface area contributed by atoms with Crippen molar-refractivity contribution < 1.29 is 3.07 Å². The van der Waals surface area contributed by atoms with E-state index < -0.39 is 0 Å². The van der Waals surface area contributed by atoms with Gasteiger partial charge in [0.1, 0.15) is 23.0 Å². The molecule has 0 heterocycles. The van der Waals surface area contributed by atoms with Crippen molar-refractivity contribution in [3.05, 3.63) is 0 Å². The van der Waals surface area contributed by atoms with Gasteiger partial charge in [0.25, 0.3) is 0 Å². The summed E-state index contributed by atoms with van der Waals surface area (Å²) in [6.07, 6.45) is 4.84. The van der Waals surface area contributed by atoms with Crippen molar-refractivity contribution in [2.45, 2.75) is 25.7 Å². The molecule has 12 heavy (non-hydrogen) atoms. The lowest BCUT2D eigenvalue weighted by atomic mass is 10.1. The minimum absolute atomic E-state index is 0.851. The lowest BCUT2D eigenvalue weighted by Gasteiger charge is -1.96. The number of hydrogen-bond acceptors (Lipinski definition) is 1. The highest BCUT2D eigenvalue weighted by Gasteiger charge is 2.48. The molecule has 0 N–H and O–H groups in total. The van der Waals surface area contributed by atoms with Crippen molar-refractivity contribution >= 4 is 23.0 Å². The molecule has 2 aliphatic rings. The Balaban J connectivity index is 1.87. The molecule has 1 saturated carbocycles. The number of rotatable bonds is 2. The first-order valence-corrected chi connectivity index (χ1v) is 5.51. The first-order valence-electron chi connectivity index (χ1n) is 4.62.